The second kappa shape index (κ2) is 8.57. The lowest BCUT2D eigenvalue weighted by molar-refractivity contribution is -0.124. The normalized spacial score (nSPS) is 10.1. The van der Waals surface area contributed by atoms with Crippen molar-refractivity contribution >= 4 is 35.1 Å². The fraction of sp³-hybridized carbons (Fsp3) is 0.176. The average Bonchev–Trinajstić information content (AvgIpc) is 2.58. The van der Waals surface area contributed by atoms with E-state index in [9.17, 15) is 9.59 Å². The molecule has 0 aliphatic heterocycles. The minimum atomic E-state index is -0.748. The summed E-state index contributed by atoms with van der Waals surface area (Å²) in [6.45, 7) is -0.134. The maximum atomic E-state index is 12.0. The van der Waals surface area contributed by atoms with Crippen LogP contribution in [-0.2, 0) is 16.1 Å². The van der Waals surface area contributed by atoms with Crippen LogP contribution >= 0.6 is 23.2 Å². The molecule has 0 aromatic heterocycles. The lowest BCUT2D eigenvalue weighted by atomic mass is 10.2. The van der Waals surface area contributed by atoms with Crippen LogP contribution in [0.5, 0.6) is 5.75 Å². The van der Waals surface area contributed by atoms with Gasteiger partial charge in [0, 0.05) is 6.54 Å². The first-order valence-corrected chi connectivity index (χ1v) is 7.77. The van der Waals surface area contributed by atoms with Crippen molar-refractivity contribution in [2.45, 2.75) is 6.54 Å². The molecule has 0 heterocycles. The van der Waals surface area contributed by atoms with E-state index in [4.69, 9.17) is 32.7 Å². The number of ether oxygens (including phenoxy) is 2. The Morgan fingerprint density at radius 3 is 2.42 bits per heavy atom. The highest BCUT2D eigenvalue weighted by molar-refractivity contribution is 6.39. The molecule has 7 heteroatoms. The Hall–Kier alpha value is -2.24. The summed E-state index contributed by atoms with van der Waals surface area (Å²) in [6.07, 6.45) is 0. The van der Waals surface area contributed by atoms with Crippen molar-refractivity contribution in [3.05, 3.63) is 63.6 Å². The largest absolute Gasteiger partial charge is 0.497 e. The molecule has 1 N–H and O–H groups in total. The van der Waals surface area contributed by atoms with E-state index in [1.807, 2.05) is 12.1 Å². The third-order valence-corrected chi connectivity index (χ3v) is 3.76. The lowest BCUT2D eigenvalue weighted by Crippen LogP contribution is -2.28. The van der Waals surface area contributed by atoms with Crippen LogP contribution in [0.1, 0.15) is 15.9 Å². The van der Waals surface area contributed by atoms with Gasteiger partial charge < -0.3 is 14.8 Å². The van der Waals surface area contributed by atoms with Crippen molar-refractivity contribution in [1.82, 2.24) is 5.32 Å². The van der Waals surface area contributed by atoms with Gasteiger partial charge in [-0.05, 0) is 29.8 Å². The molecule has 2 aromatic carbocycles. The molecule has 2 aromatic rings. The van der Waals surface area contributed by atoms with Gasteiger partial charge in [-0.15, -0.1) is 0 Å². The molecule has 24 heavy (non-hydrogen) atoms. The van der Waals surface area contributed by atoms with Crippen molar-refractivity contribution in [2.24, 2.45) is 0 Å². The highest BCUT2D eigenvalue weighted by Crippen LogP contribution is 2.24. The number of methoxy groups -OCH3 is 1. The number of carbonyl (C=O) groups excluding carboxylic acids is 2. The van der Waals surface area contributed by atoms with Crippen molar-refractivity contribution < 1.29 is 19.1 Å². The third-order valence-electron chi connectivity index (χ3n) is 3.13. The van der Waals surface area contributed by atoms with Gasteiger partial charge in [-0.3, -0.25) is 4.79 Å². The quantitative estimate of drug-likeness (QED) is 0.793. The van der Waals surface area contributed by atoms with Crippen LogP contribution in [0.25, 0.3) is 0 Å². The number of halogens is 2. The molecule has 0 aliphatic carbocycles. The zero-order chi connectivity index (χ0) is 17.5. The fourth-order valence-corrected chi connectivity index (χ4v) is 2.48. The van der Waals surface area contributed by atoms with Crippen LogP contribution < -0.4 is 10.1 Å². The molecule has 126 valence electrons. The van der Waals surface area contributed by atoms with Gasteiger partial charge in [-0.25, -0.2) is 4.79 Å². The second-order valence-corrected chi connectivity index (χ2v) is 5.62. The molecular weight excluding hydrogens is 353 g/mol. The van der Waals surface area contributed by atoms with E-state index in [1.165, 1.54) is 12.1 Å². The molecular formula is C17H15Cl2NO4. The summed E-state index contributed by atoms with van der Waals surface area (Å²) in [5.74, 6) is -0.488. The van der Waals surface area contributed by atoms with Crippen molar-refractivity contribution in [3.63, 3.8) is 0 Å². The number of carbonyl (C=O) groups is 2. The topological polar surface area (TPSA) is 64.6 Å². The van der Waals surface area contributed by atoms with E-state index >= 15 is 0 Å². The van der Waals surface area contributed by atoms with Crippen LogP contribution in [0.4, 0.5) is 0 Å². The summed E-state index contributed by atoms with van der Waals surface area (Å²) >= 11 is 11.8. The molecule has 0 bridgehead atoms. The van der Waals surface area contributed by atoms with E-state index in [1.54, 1.807) is 25.3 Å². The van der Waals surface area contributed by atoms with Crippen LogP contribution in [0.15, 0.2) is 42.5 Å². The minimum Gasteiger partial charge on any atom is -0.497 e. The molecule has 0 radical (unpaired) electrons. The third kappa shape index (κ3) is 4.88. The number of rotatable bonds is 6. The second-order valence-electron chi connectivity index (χ2n) is 4.80. The molecule has 0 spiro atoms. The fourth-order valence-electron chi connectivity index (χ4n) is 1.93. The molecule has 0 unspecified atom stereocenters. The Kier molecular flexibility index (Phi) is 6.46. The van der Waals surface area contributed by atoms with Crippen LogP contribution in [0.3, 0.4) is 0 Å². The van der Waals surface area contributed by atoms with E-state index in [-0.39, 0.29) is 15.6 Å². The number of nitrogens with one attached hydrogen (secondary N) is 1. The smallest absolute Gasteiger partial charge is 0.341 e. The standard InChI is InChI=1S/C17H15Cl2NO4/c1-23-12-5-2-4-11(8-12)9-20-15(21)10-24-17(22)16-13(18)6-3-7-14(16)19/h2-8H,9-10H2,1H3,(H,20,21). The number of hydrogen-bond acceptors (Lipinski definition) is 4. The molecule has 2 rings (SSSR count). The number of amides is 1. The van der Waals surface area contributed by atoms with Crippen molar-refractivity contribution in [1.29, 1.82) is 0 Å². The van der Waals surface area contributed by atoms with Crippen LogP contribution in [0.2, 0.25) is 10.0 Å². The molecule has 0 atom stereocenters. The van der Waals surface area contributed by atoms with Crippen molar-refractivity contribution in [2.75, 3.05) is 13.7 Å². The van der Waals surface area contributed by atoms with Gasteiger partial charge in [0.15, 0.2) is 6.61 Å². The highest BCUT2D eigenvalue weighted by atomic mass is 35.5. The minimum absolute atomic E-state index is 0.0430. The molecule has 1 amide bonds. The molecule has 0 saturated heterocycles. The predicted molar refractivity (Wildman–Crippen MR) is 91.6 cm³/mol. The molecule has 0 aliphatic rings. The first-order chi connectivity index (χ1) is 11.5. The zero-order valence-electron chi connectivity index (χ0n) is 12.8. The van der Waals surface area contributed by atoms with Gasteiger partial charge >= 0.3 is 5.97 Å². The van der Waals surface area contributed by atoms with Gasteiger partial charge in [0.25, 0.3) is 5.91 Å². The van der Waals surface area contributed by atoms with Gasteiger partial charge in [0.2, 0.25) is 0 Å². The van der Waals surface area contributed by atoms with E-state index in [2.05, 4.69) is 5.32 Å². The number of benzene rings is 2. The Labute approximate surface area is 149 Å². The summed E-state index contributed by atoms with van der Waals surface area (Å²) in [6, 6.07) is 11.9. The predicted octanol–water partition coefficient (Wildman–Crippen LogP) is 3.48. The van der Waals surface area contributed by atoms with Crippen LogP contribution in [-0.4, -0.2) is 25.6 Å². The number of esters is 1. The first kappa shape index (κ1) is 18.1. The highest BCUT2D eigenvalue weighted by Gasteiger charge is 2.17. The molecule has 5 nitrogen and oxygen atoms in total. The lowest BCUT2D eigenvalue weighted by Gasteiger charge is -2.09. The zero-order valence-corrected chi connectivity index (χ0v) is 14.4. The Morgan fingerprint density at radius 1 is 1.08 bits per heavy atom. The summed E-state index contributed by atoms with van der Waals surface area (Å²) in [7, 11) is 1.57. The maximum absolute atomic E-state index is 12.0. The maximum Gasteiger partial charge on any atom is 0.341 e. The first-order valence-electron chi connectivity index (χ1n) is 7.02. The van der Waals surface area contributed by atoms with E-state index in [0.29, 0.717) is 12.3 Å². The Balaban J connectivity index is 1.85. The van der Waals surface area contributed by atoms with Gasteiger partial charge in [0.05, 0.1) is 22.7 Å². The summed E-state index contributed by atoms with van der Waals surface area (Å²) in [5, 5.41) is 2.99. The number of hydrogen-bond donors (Lipinski definition) is 1. The SMILES string of the molecule is COc1cccc(CNC(=O)COC(=O)c2c(Cl)cccc2Cl)c1. The van der Waals surface area contributed by atoms with Gasteiger partial charge in [-0.2, -0.15) is 0 Å². The van der Waals surface area contributed by atoms with Gasteiger partial charge in [0.1, 0.15) is 5.75 Å². The monoisotopic (exact) mass is 367 g/mol. The van der Waals surface area contributed by atoms with Crippen LogP contribution in [0, 0.1) is 0 Å². The summed E-state index contributed by atoms with van der Waals surface area (Å²) < 4.78 is 10.0. The van der Waals surface area contributed by atoms with Gasteiger partial charge in [-0.1, -0.05) is 41.4 Å². The average molecular weight is 368 g/mol. The Morgan fingerprint density at radius 2 is 1.75 bits per heavy atom. The Bertz CT molecular complexity index is 729. The van der Waals surface area contributed by atoms with Crippen molar-refractivity contribution in [3.8, 4) is 5.75 Å². The van der Waals surface area contributed by atoms with E-state index in [0.717, 1.165) is 5.56 Å². The molecule has 0 fully saturated rings. The molecule has 0 saturated carbocycles. The summed E-state index contributed by atoms with van der Waals surface area (Å²) in [5.41, 5.74) is 0.907. The summed E-state index contributed by atoms with van der Waals surface area (Å²) in [4.78, 5) is 23.8. The van der Waals surface area contributed by atoms with E-state index < -0.39 is 18.5 Å².